The van der Waals surface area contributed by atoms with Gasteiger partial charge in [0, 0.05) is 19.0 Å². The fourth-order valence-corrected chi connectivity index (χ4v) is 3.83. The van der Waals surface area contributed by atoms with E-state index in [-0.39, 0.29) is 17.9 Å². The Balaban J connectivity index is 1.93. The van der Waals surface area contributed by atoms with E-state index in [9.17, 15) is 13.2 Å². The Morgan fingerprint density at radius 1 is 1.26 bits per heavy atom. The first-order valence-electron chi connectivity index (χ1n) is 7.39. The quantitative estimate of drug-likeness (QED) is 0.875. The lowest BCUT2D eigenvalue weighted by Crippen LogP contribution is -2.43. The Hall–Kier alpha value is -0.820. The first-order chi connectivity index (χ1) is 10.7. The minimum atomic E-state index is -3.18. The molecule has 1 saturated heterocycles. The molecule has 0 unspecified atom stereocenters. The zero-order valence-electron chi connectivity index (χ0n) is 13.1. The van der Waals surface area contributed by atoms with E-state index in [1.54, 1.807) is 12.1 Å². The standard InChI is InChI=1S/C15H20Cl2N2O3S/c1-10(12-3-4-13(16)14(17)9-12)18-15(20)11-5-7-19(8-6-11)23(2,21)22/h3-4,9-11H,5-8H2,1-2H3,(H,18,20)/t10-/m0/s1. The number of rotatable bonds is 4. The minimum absolute atomic E-state index is 0.0586. The lowest BCUT2D eigenvalue weighted by Gasteiger charge is -2.30. The van der Waals surface area contributed by atoms with Crippen molar-refractivity contribution in [1.82, 2.24) is 9.62 Å². The smallest absolute Gasteiger partial charge is 0.223 e. The van der Waals surface area contributed by atoms with Crippen LogP contribution in [0.25, 0.3) is 0 Å². The Morgan fingerprint density at radius 3 is 2.39 bits per heavy atom. The molecule has 0 bridgehead atoms. The third-order valence-electron chi connectivity index (χ3n) is 4.10. The molecule has 1 atom stereocenters. The van der Waals surface area contributed by atoms with Crippen LogP contribution in [0.4, 0.5) is 0 Å². The summed E-state index contributed by atoms with van der Waals surface area (Å²) in [5, 5.41) is 3.88. The number of halogens is 2. The number of nitrogens with zero attached hydrogens (tertiary/aromatic N) is 1. The third kappa shape index (κ3) is 4.83. The van der Waals surface area contributed by atoms with Gasteiger partial charge in [-0.25, -0.2) is 12.7 Å². The van der Waals surface area contributed by atoms with Crippen molar-refractivity contribution >= 4 is 39.1 Å². The zero-order chi connectivity index (χ0) is 17.2. The number of hydrogen-bond acceptors (Lipinski definition) is 3. The van der Waals surface area contributed by atoms with Crippen LogP contribution in [-0.2, 0) is 14.8 Å². The van der Waals surface area contributed by atoms with Gasteiger partial charge < -0.3 is 5.32 Å². The molecule has 2 rings (SSSR count). The summed E-state index contributed by atoms with van der Waals surface area (Å²) < 4.78 is 24.4. The molecule has 1 heterocycles. The number of piperidine rings is 1. The molecular formula is C15H20Cl2N2O3S. The SMILES string of the molecule is C[C@H](NC(=O)C1CCN(S(C)(=O)=O)CC1)c1ccc(Cl)c(Cl)c1. The fraction of sp³-hybridized carbons (Fsp3) is 0.533. The van der Waals surface area contributed by atoms with Gasteiger partial charge in [-0.05, 0) is 37.5 Å². The van der Waals surface area contributed by atoms with Crippen LogP contribution in [0.1, 0.15) is 31.4 Å². The van der Waals surface area contributed by atoms with Gasteiger partial charge in [-0.2, -0.15) is 0 Å². The zero-order valence-corrected chi connectivity index (χ0v) is 15.4. The topological polar surface area (TPSA) is 66.5 Å². The maximum Gasteiger partial charge on any atom is 0.223 e. The van der Waals surface area contributed by atoms with Gasteiger partial charge in [0.25, 0.3) is 0 Å². The van der Waals surface area contributed by atoms with E-state index in [0.29, 0.717) is 36.0 Å². The van der Waals surface area contributed by atoms with Gasteiger partial charge in [-0.3, -0.25) is 4.79 Å². The molecule has 1 amide bonds. The predicted octanol–water partition coefficient (Wildman–Crippen LogP) is 2.84. The maximum atomic E-state index is 12.4. The molecule has 8 heteroatoms. The molecule has 1 aliphatic heterocycles. The highest BCUT2D eigenvalue weighted by atomic mass is 35.5. The number of amides is 1. The van der Waals surface area contributed by atoms with Gasteiger partial charge in [-0.1, -0.05) is 29.3 Å². The Kier molecular flexibility index (Phi) is 5.94. The summed E-state index contributed by atoms with van der Waals surface area (Å²) in [5.41, 5.74) is 0.876. The van der Waals surface area contributed by atoms with E-state index in [0.717, 1.165) is 5.56 Å². The van der Waals surface area contributed by atoms with Crippen molar-refractivity contribution in [1.29, 1.82) is 0 Å². The van der Waals surface area contributed by atoms with Crippen molar-refractivity contribution in [2.24, 2.45) is 5.92 Å². The molecule has 0 aromatic heterocycles. The van der Waals surface area contributed by atoms with Gasteiger partial charge in [-0.15, -0.1) is 0 Å². The Bertz CT molecular complexity index is 686. The molecule has 23 heavy (non-hydrogen) atoms. The summed E-state index contributed by atoms with van der Waals surface area (Å²) in [6, 6.07) is 5.07. The van der Waals surface area contributed by atoms with Gasteiger partial charge in [0.05, 0.1) is 22.3 Å². The molecule has 1 aromatic carbocycles. The van der Waals surface area contributed by atoms with Gasteiger partial charge in [0.2, 0.25) is 15.9 Å². The van der Waals surface area contributed by atoms with Crippen molar-refractivity contribution in [3.63, 3.8) is 0 Å². The van der Waals surface area contributed by atoms with Gasteiger partial charge in [0.1, 0.15) is 0 Å². The number of benzene rings is 1. The van der Waals surface area contributed by atoms with Crippen LogP contribution in [0.15, 0.2) is 18.2 Å². The molecule has 128 valence electrons. The van der Waals surface area contributed by atoms with Gasteiger partial charge >= 0.3 is 0 Å². The predicted molar refractivity (Wildman–Crippen MR) is 92.2 cm³/mol. The molecule has 1 N–H and O–H groups in total. The summed E-state index contributed by atoms with van der Waals surface area (Å²) in [4.78, 5) is 12.4. The first-order valence-corrected chi connectivity index (χ1v) is 9.99. The first kappa shape index (κ1) is 18.5. The van der Waals surface area contributed by atoms with E-state index in [2.05, 4.69) is 5.32 Å². The number of nitrogens with one attached hydrogen (secondary N) is 1. The highest BCUT2D eigenvalue weighted by molar-refractivity contribution is 7.88. The number of hydrogen-bond donors (Lipinski definition) is 1. The van der Waals surface area contributed by atoms with E-state index >= 15 is 0 Å². The lowest BCUT2D eigenvalue weighted by atomic mass is 9.96. The molecule has 5 nitrogen and oxygen atoms in total. The number of carbonyl (C=O) groups is 1. The average Bonchev–Trinajstić information content (AvgIpc) is 2.49. The number of carbonyl (C=O) groups excluding carboxylic acids is 1. The Morgan fingerprint density at radius 2 is 1.87 bits per heavy atom. The summed E-state index contributed by atoms with van der Waals surface area (Å²) in [6.45, 7) is 2.65. The number of sulfonamides is 1. The third-order valence-corrected chi connectivity index (χ3v) is 6.14. The highest BCUT2D eigenvalue weighted by Crippen LogP contribution is 2.26. The van der Waals surface area contributed by atoms with Crippen LogP contribution in [0, 0.1) is 5.92 Å². The van der Waals surface area contributed by atoms with Crippen LogP contribution in [0.5, 0.6) is 0 Å². The second-order valence-corrected chi connectivity index (χ2v) is 8.64. The summed E-state index contributed by atoms with van der Waals surface area (Å²) in [5.74, 6) is -0.227. The fourth-order valence-electron chi connectivity index (χ4n) is 2.65. The minimum Gasteiger partial charge on any atom is -0.349 e. The molecule has 0 radical (unpaired) electrons. The molecular weight excluding hydrogens is 359 g/mol. The largest absolute Gasteiger partial charge is 0.349 e. The normalized spacial score (nSPS) is 18.6. The molecule has 0 spiro atoms. The van der Waals surface area contributed by atoms with Crippen LogP contribution in [-0.4, -0.2) is 38.0 Å². The van der Waals surface area contributed by atoms with E-state index in [4.69, 9.17) is 23.2 Å². The second-order valence-electron chi connectivity index (χ2n) is 5.84. The van der Waals surface area contributed by atoms with Crippen molar-refractivity contribution in [2.45, 2.75) is 25.8 Å². The van der Waals surface area contributed by atoms with Crippen LogP contribution >= 0.6 is 23.2 Å². The molecule has 1 aliphatic rings. The van der Waals surface area contributed by atoms with Crippen LogP contribution < -0.4 is 5.32 Å². The second kappa shape index (κ2) is 7.38. The molecule has 0 aliphatic carbocycles. The van der Waals surface area contributed by atoms with Crippen molar-refractivity contribution in [3.05, 3.63) is 33.8 Å². The van der Waals surface area contributed by atoms with Crippen molar-refractivity contribution < 1.29 is 13.2 Å². The highest BCUT2D eigenvalue weighted by Gasteiger charge is 2.29. The maximum absolute atomic E-state index is 12.4. The Labute approximate surface area is 147 Å². The summed E-state index contributed by atoms with van der Waals surface area (Å²) in [7, 11) is -3.18. The average molecular weight is 379 g/mol. The van der Waals surface area contributed by atoms with Crippen LogP contribution in [0.2, 0.25) is 10.0 Å². The van der Waals surface area contributed by atoms with E-state index < -0.39 is 10.0 Å². The molecule has 1 aromatic rings. The summed E-state index contributed by atoms with van der Waals surface area (Å²) in [6.07, 6.45) is 2.26. The van der Waals surface area contributed by atoms with Crippen LogP contribution in [0.3, 0.4) is 0 Å². The lowest BCUT2D eigenvalue weighted by molar-refractivity contribution is -0.126. The monoisotopic (exact) mass is 378 g/mol. The molecule has 0 saturated carbocycles. The van der Waals surface area contributed by atoms with Crippen molar-refractivity contribution in [2.75, 3.05) is 19.3 Å². The van der Waals surface area contributed by atoms with E-state index in [1.165, 1.54) is 10.6 Å². The van der Waals surface area contributed by atoms with Crippen molar-refractivity contribution in [3.8, 4) is 0 Å². The molecule has 1 fully saturated rings. The summed E-state index contributed by atoms with van der Waals surface area (Å²) >= 11 is 11.9. The van der Waals surface area contributed by atoms with Gasteiger partial charge in [0.15, 0.2) is 0 Å². The van der Waals surface area contributed by atoms with E-state index in [1.807, 2.05) is 13.0 Å².